The van der Waals surface area contributed by atoms with E-state index in [0.29, 0.717) is 23.5 Å². The predicted octanol–water partition coefficient (Wildman–Crippen LogP) is 2.05. The Morgan fingerprint density at radius 3 is 2.05 bits per heavy atom. The van der Waals surface area contributed by atoms with Gasteiger partial charge in [0.1, 0.15) is 5.52 Å². The van der Waals surface area contributed by atoms with Gasteiger partial charge in [0.2, 0.25) is 11.4 Å². The fourth-order valence-electron chi connectivity index (χ4n) is 1.97. The molecular weight excluding hydrogens is 257 g/mol. The van der Waals surface area contributed by atoms with Crippen LogP contribution in [-0.2, 0) is 19.6 Å². The molecule has 0 aromatic carbocycles. The van der Waals surface area contributed by atoms with Crippen LogP contribution in [0.4, 0.5) is 13.2 Å². The fraction of sp³-hybridized carbons (Fsp3) is 0.500. The minimum absolute atomic E-state index is 0.175. The lowest BCUT2D eigenvalue weighted by Crippen LogP contribution is -2.41. The molecule has 2 aromatic rings. The zero-order chi connectivity index (χ0) is 14.4. The summed E-state index contributed by atoms with van der Waals surface area (Å²) in [7, 11) is 1.49. The topological polar surface area (TPSA) is 42.6 Å². The van der Waals surface area contributed by atoms with E-state index in [1.54, 1.807) is 13.8 Å². The van der Waals surface area contributed by atoms with Crippen molar-refractivity contribution in [2.45, 2.75) is 33.4 Å². The average Bonchev–Trinajstić information content (AvgIpc) is 2.29. The van der Waals surface area contributed by atoms with Crippen molar-refractivity contribution in [3.8, 4) is 0 Å². The predicted molar refractivity (Wildman–Crippen MR) is 62.4 cm³/mol. The van der Waals surface area contributed by atoms with Crippen molar-refractivity contribution < 1.29 is 17.9 Å². The smallest absolute Gasteiger partial charge is 0.247 e. The molecule has 2 heterocycles. The normalized spacial score (nSPS) is 12.2. The van der Waals surface area contributed by atoms with Crippen molar-refractivity contribution in [3.63, 3.8) is 0 Å². The van der Waals surface area contributed by atoms with Crippen LogP contribution >= 0.6 is 0 Å². The van der Waals surface area contributed by atoms with Crippen LogP contribution in [0.1, 0.15) is 29.7 Å². The Labute approximate surface area is 108 Å². The van der Waals surface area contributed by atoms with Crippen LogP contribution in [-0.4, -0.2) is 15.1 Å². The van der Waals surface area contributed by atoms with Gasteiger partial charge in [-0.05, 0) is 13.8 Å². The van der Waals surface area contributed by atoms with Gasteiger partial charge in [-0.25, -0.2) is 9.97 Å². The Balaban J connectivity index is 2.97. The lowest BCUT2D eigenvalue weighted by molar-refractivity contribution is -0.737. The van der Waals surface area contributed by atoms with E-state index < -0.39 is 11.9 Å². The largest absolute Gasteiger partial charge is 0.441 e. The molecule has 0 saturated heterocycles. The summed E-state index contributed by atoms with van der Waals surface area (Å²) < 4.78 is 40.3. The van der Waals surface area contributed by atoms with Gasteiger partial charge in [-0.3, -0.25) is 0 Å². The maximum atomic E-state index is 13.0. The standard InChI is InChI=1S/C12H14F3N4/c1-5-8-9-10(17-7(3)6(2)16-9)11(12(13,14)15)18-19(8)4/h5H2,1-4H3/q+1. The summed E-state index contributed by atoms with van der Waals surface area (Å²) in [5.74, 6) is 0. The van der Waals surface area contributed by atoms with E-state index in [2.05, 4.69) is 15.1 Å². The van der Waals surface area contributed by atoms with Crippen molar-refractivity contribution in [2.24, 2.45) is 7.05 Å². The van der Waals surface area contributed by atoms with Crippen LogP contribution in [0.5, 0.6) is 0 Å². The molecule has 0 N–H and O–H groups in total. The molecule has 0 fully saturated rings. The number of hydrogen-bond acceptors (Lipinski definition) is 3. The molecule has 102 valence electrons. The van der Waals surface area contributed by atoms with Crippen molar-refractivity contribution in [3.05, 3.63) is 22.8 Å². The van der Waals surface area contributed by atoms with E-state index >= 15 is 0 Å². The molecule has 0 aliphatic carbocycles. The van der Waals surface area contributed by atoms with Crippen LogP contribution in [0.15, 0.2) is 0 Å². The van der Waals surface area contributed by atoms with Gasteiger partial charge in [-0.2, -0.15) is 13.2 Å². The molecule has 0 aliphatic rings. The molecule has 19 heavy (non-hydrogen) atoms. The highest BCUT2D eigenvalue weighted by Crippen LogP contribution is 2.31. The number of nitrogens with zero attached hydrogens (tertiary/aromatic N) is 4. The van der Waals surface area contributed by atoms with E-state index in [9.17, 15) is 13.2 Å². The fourth-order valence-corrected chi connectivity index (χ4v) is 1.97. The maximum absolute atomic E-state index is 13.0. The molecule has 0 spiro atoms. The Hall–Kier alpha value is -1.79. The molecule has 0 atom stereocenters. The molecule has 0 radical (unpaired) electrons. The number of alkyl halides is 3. The third-order valence-electron chi connectivity index (χ3n) is 3.05. The summed E-state index contributed by atoms with van der Waals surface area (Å²) >= 11 is 0. The molecule has 0 amide bonds. The van der Waals surface area contributed by atoms with Crippen LogP contribution in [0.2, 0.25) is 0 Å². The van der Waals surface area contributed by atoms with Crippen molar-refractivity contribution in [2.75, 3.05) is 0 Å². The molecular formula is C12H14F3N4+. The quantitative estimate of drug-likeness (QED) is 0.745. The molecule has 0 saturated carbocycles. The third-order valence-corrected chi connectivity index (χ3v) is 3.05. The van der Waals surface area contributed by atoms with Crippen molar-refractivity contribution in [1.29, 1.82) is 0 Å². The first-order valence-corrected chi connectivity index (χ1v) is 5.87. The van der Waals surface area contributed by atoms with Crippen LogP contribution < -0.4 is 4.68 Å². The van der Waals surface area contributed by atoms with Gasteiger partial charge >= 0.3 is 6.18 Å². The Kier molecular flexibility index (Phi) is 3.15. The number of hydrogen-bond donors (Lipinski definition) is 0. The number of aromatic nitrogens is 4. The zero-order valence-corrected chi connectivity index (χ0v) is 11.1. The molecule has 7 heteroatoms. The first kappa shape index (κ1) is 13.6. The summed E-state index contributed by atoms with van der Waals surface area (Å²) in [5.41, 5.74) is 0.856. The number of fused-ring (bicyclic) bond motifs is 1. The molecule has 0 bridgehead atoms. The molecule has 2 rings (SSSR count). The highest BCUT2D eigenvalue weighted by molar-refractivity contribution is 5.78. The van der Waals surface area contributed by atoms with E-state index in [1.165, 1.54) is 11.7 Å². The van der Waals surface area contributed by atoms with Gasteiger partial charge in [0.25, 0.3) is 0 Å². The summed E-state index contributed by atoms with van der Waals surface area (Å²) in [6.45, 7) is 5.22. The number of rotatable bonds is 1. The number of aryl methyl sites for hydroxylation is 4. The Morgan fingerprint density at radius 2 is 1.58 bits per heavy atom. The summed E-state index contributed by atoms with van der Waals surface area (Å²) in [6.07, 6.45) is -4.01. The summed E-state index contributed by atoms with van der Waals surface area (Å²) in [4.78, 5) is 8.29. The zero-order valence-electron chi connectivity index (χ0n) is 11.1. The van der Waals surface area contributed by atoms with Crippen molar-refractivity contribution in [1.82, 2.24) is 15.1 Å². The van der Waals surface area contributed by atoms with Gasteiger partial charge in [0, 0.05) is 11.5 Å². The van der Waals surface area contributed by atoms with Gasteiger partial charge in [-0.15, -0.1) is 0 Å². The summed E-state index contributed by atoms with van der Waals surface area (Å²) in [6, 6.07) is 0. The lowest BCUT2D eigenvalue weighted by Gasteiger charge is -2.09. The van der Waals surface area contributed by atoms with Gasteiger partial charge in [-0.1, -0.05) is 11.6 Å². The lowest BCUT2D eigenvalue weighted by atomic mass is 10.2. The van der Waals surface area contributed by atoms with E-state index in [-0.39, 0.29) is 11.0 Å². The third kappa shape index (κ3) is 2.24. The SMILES string of the molecule is CCc1c2nc(C)c(C)nc2c(C(F)(F)F)n[n+]1C. The van der Waals surface area contributed by atoms with E-state index in [1.807, 2.05) is 6.92 Å². The average molecular weight is 271 g/mol. The minimum atomic E-state index is -4.54. The molecule has 0 unspecified atom stereocenters. The Morgan fingerprint density at radius 1 is 1.05 bits per heavy atom. The van der Waals surface area contributed by atoms with Gasteiger partial charge in [0.15, 0.2) is 12.6 Å². The van der Waals surface area contributed by atoms with Crippen LogP contribution in [0.3, 0.4) is 0 Å². The number of halogens is 3. The minimum Gasteiger partial charge on any atom is -0.247 e. The highest BCUT2D eigenvalue weighted by Gasteiger charge is 2.40. The Bertz CT molecular complexity index is 650. The van der Waals surface area contributed by atoms with E-state index in [0.717, 1.165) is 0 Å². The second kappa shape index (κ2) is 4.40. The summed E-state index contributed by atoms with van der Waals surface area (Å²) in [5, 5.41) is 3.60. The first-order valence-electron chi connectivity index (χ1n) is 5.87. The highest BCUT2D eigenvalue weighted by atomic mass is 19.4. The second-order valence-corrected chi connectivity index (χ2v) is 4.36. The van der Waals surface area contributed by atoms with Gasteiger partial charge in [0.05, 0.1) is 11.4 Å². The van der Waals surface area contributed by atoms with Crippen LogP contribution in [0, 0.1) is 13.8 Å². The second-order valence-electron chi connectivity index (χ2n) is 4.36. The monoisotopic (exact) mass is 271 g/mol. The van der Waals surface area contributed by atoms with Crippen molar-refractivity contribution >= 4 is 11.0 Å². The first-order chi connectivity index (χ1) is 8.75. The van der Waals surface area contributed by atoms with E-state index in [4.69, 9.17) is 0 Å². The molecule has 2 aromatic heterocycles. The molecule has 4 nitrogen and oxygen atoms in total. The maximum Gasteiger partial charge on any atom is 0.441 e. The van der Waals surface area contributed by atoms with Crippen LogP contribution in [0.25, 0.3) is 11.0 Å². The van der Waals surface area contributed by atoms with Gasteiger partial charge < -0.3 is 0 Å². The molecule has 0 aliphatic heterocycles.